The first-order chi connectivity index (χ1) is 16.1. The fraction of sp³-hybridized carbons (Fsp3) is 0.385. The number of nitrogens with one attached hydrogen (secondary N) is 1. The second-order valence-electron chi connectivity index (χ2n) is 8.88. The van der Waals surface area contributed by atoms with Crippen LogP contribution >= 0.6 is 12.2 Å². The summed E-state index contributed by atoms with van der Waals surface area (Å²) < 4.78 is 14.1. The van der Waals surface area contributed by atoms with Crippen LogP contribution in [0.4, 0.5) is 5.69 Å². The molecule has 3 aromatic rings. The Bertz CT molecular complexity index is 1080. The van der Waals surface area contributed by atoms with Gasteiger partial charge in [0.05, 0.1) is 23.9 Å². The van der Waals surface area contributed by atoms with Gasteiger partial charge < -0.3 is 24.3 Å². The minimum Gasteiger partial charge on any atom is -0.491 e. The number of pyridine rings is 1. The average molecular weight is 463 g/mol. The summed E-state index contributed by atoms with van der Waals surface area (Å²) in [5.74, 6) is 0.853. The van der Waals surface area contributed by atoms with Gasteiger partial charge in [0.1, 0.15) is 11.8 Å². The number of hydrogen-bond donors (Lipinski definition) is 1. The van der Waals surface area contributed by atoms with Crippen molar-refractivity contribution < 1.29 is 9.47 Å². The van der Waals surface area contributed by atoms with Gasteiger partial charge >= 0.3 is 0 Å². The van der Waals surface area contributed by atoms with Gasteiger partial charge in [0.15, 0.2) is 5.11 Å². The van der Waals surface area contributed by atoms with Crippen LogP contribution in [-0.4, -0.2) is 33.5 Å². The van der Waals surface area contributed by atoms with Crippen LogP contribution in [0, 0.1) is 0 Å². The average Bonchev–Trinajstić information content (AvgIpc) is 3.55. The highest BCUT2D eigenvalue weighted by Crippen LogP contribution is 2.42. The summed E-state index contributed by atoms with van der Waals surface area (Å²) in [5.41, 5.74) is 3.19. The van der Waals surface area contributed by atoms with E-state index in [1.165, 1.54) is 5.69 Å². The molecule has 2 aliphatic heterocycles. The van der Waals surface area contributed by atoms with Crippen molar-refractivity contribution in [3.8, 4) is 5.75 Å². The quantitative estimate of drug-likeness (QED) is 0.497. The molecule has 1 aromatic carbocycles. The van der Waals surface area contributed by atoms with Crippen molar-refractivity contribution in [1.82, 2.24) is 14.9 Å². The number of thiocarbonyl (C=S) groups is 1. The lowest BCUT2D eigenvalue weighted by atomic mass is 10.0. The Morgan fingerprint density at radius 3 is 2.70 bits per heavy atom. The molecule has 0 bridgehead atoms. The van der Waals surface area contributed by atoms with Gasteiger partial charge in [-0.3, -0.25) is 4.98 Å². The van der Waals surface area contributed by atoms with Gasteiger partial charge in [-0.1, -0.05) is 6.07 Å². The molecule has 1 N–H and O–H groups in total. The van der Waals surface area contributed by atoms with E-state index in [-0.39, 0.29) is 24.3 Å². The normalized spacial score (nSPS) is 22.7. The molecule has 0 radical (unpaired) electrons. The molecule has 2 aliphatic rings. The number of benzene rings is 1. The van der Waals surface area contributed by atoms with Crippen LogP contribution < -0.4 is 15.0 Å². The fourth-order valence-corrected chi connectivity index (χ4v) is 5.11. The smallest absolute Gasteiger partial charge is 0.174 e. The van der Waals surface area contributed by atoms with E-state index in [9.17, 15) is 0 Å². The molecular weight excluding hydrogens is 432 g/mol. The van der Waals surface area contributed by atoms with Crippen LogP contribution in [-0.2, 0) is 11.3 Å². The molecule has 4 heterocycles. The van der Waals surface area contributed by atoms with E-state index in [0.29, 0.717) is 5.11 Å². The number of rotatable bonds is 7. The van der Waals surface area contributed by atoms with E-state index in [2.05, 4.69) is 56.3 Å². The minimum atomic E-state index is -0.0663. The molecule has 2 fully saturated rings. The molecule has 0 saturated carbocycles. The number of anilines is 1. The SMILES string of the molecule is CC(C)Oc1ccc(N2C(=S)N[C@@H](c3ccccn3)[C@H]2c2cccn2C[C@@H]2CCCO2)cc1. The highest BCUT2D eigenvalue weighted by molar-refractivity contribution is 7.80. The Hall–Kier alpha value is -2.90. The summed E-state index contributed by atoms with van der Waals surface area (Å²) in [6.45, 7) is 5.76. The van der Waals surface area contributed by atoms with Crippen LogP contribution in [0.2, 0.25) is 0 Å². The zero-order valence-electron chi connectivity index (χ0n) is 19.1. The Morgan fingerprint density at radius 2 is 2.00 bits per heavy atom. The first kappa shape index (κ1) is 21.9. The van der Waals surface area contributed by atoms with E-state index < -0.39 is 0 Å². The number of aromatic nitrogens is 2. The van der Waals surface area contributed by atoms with Gasteiger partial charge in [0.2, 0.25) is 0 Å². The third-order valence-corrected chi connectivity index (χ3v) is 6.49. The fourth-order valence-electron chi connectivity index (χ4n) is 4.76. The predicted molar refractivity (Wildman–Crippen MR) is 134 cm³/mol. The minimum absolute atomic E-state index is 0.0410. The second-order valence-corrected chi connectivity index (χ2v) is 9.26. The van der Waals surface area contributed by atoms with E-state index in [0.717, 1.165) is 43.1 Å². The number of ether oxygens (including phenoxy) is 2. The lowest BCUT2D eigenvalue weighted by Gasteiger charge is -2.29. The molecule has 3 atom stereocenters. The van der Waals surface area contributed by atoms with E-state index in [1.807, 2.05) is 44.3 Å². The molecule has 5 rings (SSSR count). The molecule has 172 valence electrons. The number of hydrogen-bond acceptors (Lipinski definition) is 4. The van der Waals surface area contributed by atoms with Gasteiger partial charge in [-0.2, -0.15) is 0 Å². The molecule has 2 saturated heterocycles. The topological polar surface area (TPSA) is 51.5 Å². The third-order valence-electron chi connectivity index (χ3n) is 6.18. The molecule has 2 aromatic heterocycles. The standard InChI is InChI=1S/C26H30N4O2S/c1-18(2)32-20-12-10-19(11-13-20)30-25(24(28-26(30)33)22-8-3-4-14-27-22)23-9-5-15-29(23)17-21-7-6-16-31-21/h3-5,8-15,18,21,24-25H,6-7,16-17H2,1-2H3,(H,28,33)/t21-,24-,25+/m0/s1. The van der Waals surface area contributed by atoms with Crippen molar-refractivity contribution in [2.45, 2.75) is 57.5 Å². The summed E-state index contributed by atoms with van der Waals surface area (Å²) in [6, 6.07) is 18.4. The first-order valence-corrected chi connectivity index (χ1v) is 12.0. The van der Waals surface area contributed by atoms with Crippen LogP contribution in [0.15, 0.2) is 67.0 Å². The van der Waals surface area contributed by atoms with Crippen LogP contribution in [0.3, 0.4) is 0 Å². The molecule has 33 heavy (non-hydrogen) atoms. The van der Waals surface area contributed by atoms with Crippen molar-refractivity contribution in [2.24, 2.45) is 0 Å². The summed E-state index contributed by atoms with van der Waals surface area (Å²) in [5, 5.41) is 4.24. The summed E-state index contributed by atoms with van der Waals surface area (Å²) >= 11 is 5.86. The molecule has 7 heteroatoms. The van der Waals surface area contributed by atoms with Crippen molar-refractivity contribution in [2.75, 3.05) is 11.5 Å². The van der Waals surface area contributed by atoms with Crippen LogP contribution in [0.25, 0.3) is 0 Å². The summed E-state index contributed by atoms with van der Waals surface area (Å²) in [4.78, 5) is 6.86. The molecule has 0 amide bonds. The summed E-state index contributed by atoms with van der Waals surface area (Å²) in [6.07, 6.45) is 6.60. The zero-order chi connectivity index (χ0) is 22.8. The van der Waals surface area contributed by atoms with Crippen molar-refractivity contribution in [3.63, 3.8) is 0 Å². The monoisotopic (exact) mass is 462 g/mol. The molecule has 6 nitrogen and oxygen atoms in total. The molecule has 0 unspecified atom stereocenters. The van der Waals surface area contributed by atoms with Crippen LogP contribution in [0.5, 0.6) is 5.75 Å². The number of nitrogens with zero attached hydrogens (tertiary/aromatic N) is 3. The zero-order valence-corrected chi connectivity index (χ0v) is 19.9. The largest absolute Gasteiger partial charge is 0.491 e. The maximum Gasteiger partial charge on any atom is 0.174 e. The van der Waals surface area contributed by atoms with Gasteiger partial charge in [0, 0.05) is 36.9 Å². The summed E-state index contributed by atoms with van der Waals surface area (Å²) in [7, 11) is 0. The van der Waals surface area contributed by atoms with Crippen molar-refractivity contribution >= 4 is 23.0 Å². The molecule has 0 aliphatic carbocycles. The lowest BCUT2D eigenvalue weighted by Crippen LogP contribution is -2.31. The second kappa shape index (κ2) is 9.53. The third kappa shape index (κ3) is 4.61. The van der Waals surface area contributed by atoms with E-state index >= 15 is 0 Å². The van der Waals surface area contributed by atoms with E-state index in [1.54, 1.807) is 0 Å². The first-order valence-electron chi connectivity index (χ1n) is 11.6. The maximum atomic E-state index is 5.93. The van der Waals surface area contributed by atoms with Gasteiger partial charge in [0.25, 0.3) is 0 Å². The maximum absolute atomic E-state index is 5.93. The van der Waals surface area contributed by atoms with Gasteiger partial charge in [-0.05, 0) is 87.4 Å². The van der Waals surface area contributed by atoms with Crippen LogP contribution in [0.1, 0.15) is 50.2 Å². The Kier molecular flexibility index (Phi) is 6.33. The molecular formula is C26H30N4O2S. The highest BCUT2D eigenvalue weighted by Gasteiger charge is 2.42. The highest BCUT2D eigenvalue weighted by atomic mass is 32.1. The predicted octanol–water partition coefficient (Wildman–Crippen LogP) is 5.03. The lowest BCUT2D eigenvalue weighted by molar-refractivity contribution is 0.0961. The van der Waals surface area contributed by atoms with Crippen molar-refractivity contribution in [3.05, 3.63) is 78.4 Å². The van der Waals surface area contributed by atoms with Crippen molar-refractivity contribution in [1.29, 1.82) is 0 Å². The Balaban J connectivity index is 1.52. The van der Waals surface area contributed by atoms with Gasteiger partial charge in [-0.25, -0.2) is 0 Å². The Morgan fingerprint density at radius 1 is 1.15 bits per heavy atom. The van der Waals surface area contributed by atoms with Gasteiger partial charge in [-0.15, -0.1) is 0 Å². The van der Waals surface area contributed by atoms with E-state index in [4.69, 9.17) is 21.7 Å². The molecule has 0 spiro atoms. The Labute approximate surface area is 200 Å².